The van der Waals surface area contributed by atoms with Crippen molar-refractivity contribution < 1.29 is 8.42 Å². The lowest BCUT2D eigenvalue weighted by atomic mass is 10.2. The van der Waals surface area contributed by atoms with E-state index in [1.807, 2.05) is 28.8 Å². The highest BCUT2D eigenvalue weighted by Gasteiger charge is 2.38. The highest BCUT2D eigenvalue weighted by Crippen LogP contribution is 2.36. The van der Waals surface area contributed by atoms with Crippen LogP contribution in [0.3, 0.4) is 0 Å². The Morgan fingerprint density at radius 3 is 2.83 bits per heavy atom. The van der Waals surface area contributed by atoms with Crippen molar-refractivity contribution in [1.29, 1.82) is 0 Å². The molecule has 1 aliphatic heterocycles. The van der Waals surface area contributed by atoms with Gasteiger partial charge in [-0.1, -0.05) is 23.7 Å². The maximum atomic E-state index is 13.0. The van der Waals surface area contributed by atoms with E-state index in [0.717, 1.165) is 12.8 Å². The summed E-state index contributed by atoms with van der Waals surface area (Å²) in [5.41, 5.74) is 0.708. The number of hydrogen-bond acceptors (Lipinski definition) is 4. The van der Waals surface area contributed by atoms with Gasteiger partial charge in [0.2, 0.25) is 10.0 Å². The maximum Gasteiger partial charge on any atom is 0.243 e. The van der Waals surface area contributed by atoms with Gasteiger partial charge in [0.25, 0.3) is 0 Å². The van der Waals surface area contributed by atoms with Gasteiger partial charge in [-0.2, -0.15) is 4.31 Å². The third kappa shape index (κ3) is 2.49. The van der Waals surface area contributed by atoms with Gasteiger partial charge < -0.3 is 0 Å². The molecule has 1 unspecified atom stereocenters. The monoisotopic (exact) mass is 362 g/mol. The molecule has 8 heteroatoms. The zero-order chi connectivity index (χ0) is 16.7. The zero-order valence-electron chi connectivity index (χ0n) is 12.7. The summed E-state index contributed by atoms with van der Waals surface area (Å²) in [5.74, 6) is 0.647. The van der Waals surface area contributed by atoms with Crippen LogP contribution >= 0.6 is 11.6 Å². The lowest BCUT2D eigenvalue weighted by molar-refractivity contribution is 0.381. The Morgan fingerprint density at radius 1 is 1.12 bits per heavy atom. The van der Waals surface area contributed by atoms with Gasteiger partial charge in [0.15, 0.2) is 11.5 Å². The Bertz CT molecular complexity index is 1000. The van der Waals surface area contributed by atoms with Gasteiger partial charge in [-0.05, 0) is 43.2 Å². The summed E-state index contributed by atoms with van der Waals surface area (Å²) in [4.78, 5) is 0.204. The third-order valence-electron chi connectivity index (χ3n) is 4.24. The fraction of sp³-hybridized carbons (Fsp3) is 0.250. The second-order valence-electron chi connectivity index (χ2n) is 5.72. The Hall–Kier alpha value is -1.96. The fourth-order valence-electron chi connectivity index (χ4n) is 3.14. The van der Waals surface area contributed by atoms with Gasteiger partial charge in [-0.15, -0.1) is 10.2 Å². The van der Waals surface area contributed by atoms with Crippen molar-refractivity contribution in [2.75, 3.05) is 6.54 Å². The summed E-state index contributed by atoms with van der Waals surface area (Å²) in [5, 5.41) is 8.77. The Morgan fingerprint density at radius 2 is 2.00 bits per heavy atom. The zero-order valence-corrected chi connectivity index (χ0v) is 14.3. The van der Waals surface area contributed by atoms with E-state index in [-0.39, 0.29) is 10.9 Å². The molecule has 0 N–H and O–H groups in total. The molecule has 0 bridgehead atoms. The third-order valence-corrected chi connectivity index (χ3v) is 6.38. The first-order valence-electron chi connectivity index (χ1n) is 7.64. The predicted molar refractivity (Wildman–Crippen MR) is 90.3 cm³/mol. The molecule has 6 nitrogen and oxygen atoms in total. The van der Waals surface area contributed by atoms with Crippen molar-refractivity contribution in [1.82, 2.24) is 18.9 Å². The van der Waals surface area contributed by atoms with E-state index in [2.05, 4.69) is 10.2 Å². The summed E-state index contributed by atoms with van der Waals surface area (Å²) in [7, 11) is -3.64. The molecule has 24 heavy (non-hydrogen) atoms. The molecule has 1 aliphatic rings. The number of rotatable bonds is 3. The summed E-state index contributed by atoms with van der Waals surface area (Å²) >= 11 is 5.96. The van der Waals surface area contributed by atoms with Crippen molar-refractivity contribution in [2.45, 2.75) is 23.8 Å². The highest BCUT2D eigenvalue weighted by molar-refractivity contribution is 7.89. The molecule has 4 rings (SSSR count). The van der Waals surface area contributed by atoms with Crippen molar-refractivity contribution in [3.8, 4) is 0 Å². The van der Waals surface area contributed by atoms with E-state index >= 15 is 0 Å². The first-order valence-corrected chi connectivity index (χ1v) is 9.46. The van der Waals surface area contributed by atoms with Crippen LogP contribution in [-0.2, 0) is 10.0 Å². The average molecular weight is 363 g/mol. The molecule has 1 aromatic carbocycles. The maximum absolute atomic E-state index is 13.0. The van der Waals surface area contributed by atoms with Crippen LogP contribution in [-0.4, -0.2) is 33.9 Å². The van der Waals surface area contributed by atoms with Crippen LogP contribution in [0.5, 0.6) is 0 Å². The number of halogens is 1. The summed E-state index contributed by atoms with van der Waals surface area (Å²) < 4.78 is 29.4. The Balaban J connectivity index is 1.78. The van der Waals surface area contributed by atoms with E-state index in [0.29, 0.717) is 23.0 Å². The van der Waals surface area contributed by atoms with E-state index in [4.69, 9.17) is 11.6 Å². The van der Waals surface area contributed by atoms with Crippen LogP contribution in [0.1, 0.15) is 24.7 Å². The molecule has 3 heterocycles. The lowest BCUT2D eigenvalue weighted by Gasteiger charge is -2.23. The average Bonchev–Trinajstić information content (AvgIpc) is 3.21. The molecule has 0 amide bonds. The number of pyridine rings is 1. The summed E-state index contributed by atoms with van der Waals surface area (Å²) in [6, 6.07) is 11.6. The van der Waals surface area contributed by atoms with Crippen LogP contribution in [0, 0.1) is 0 Å². The highest BCUT2D eigenvalue weighted by atomic mass is 35.5. The van der Waals surface area contributed by atoms with E-state index in [9.17, 15) is 8.42 Å². The minimum atomic E-state index is -3.64. The summed E-state index contributed by atoms with van der Waals surface area (Å²) in [6.45, 7) is 0.460. The smallest absolute Gasteiger partial charge is 0.243 e. The molecule has 0 spiro atoms. The molecule has 2 aromatic heterocycles. The van der Waals surface area contributed by atoms with Gasteiger partial charge >= 0.3 is 0 Å². The van der Waals surface area contributed by atoms with Crippen LogP contribution in [0.4, 0.5) is 0 Å². The van der Waals surface area contributed by atoms with Gasteiger partial charge in [0.05, 0.1) is 10.9 Å². The van der Waals surface area contributed by atoms with Crippen molar-refractivity contribution >= 4 is 27.3 Å². The first kappa shape index (κ1) is 15.6. The van der Waals surface area contributed by atoms with Crippen molar-refractivity contribution in [3.63, 3.8) is 0 Å². The molecule has 1 atom stereocenters. The molecule has 1 saturated heterocycles. The largest absolute Gasteiger partial charge is 0.285 e. The van der Waals surface area contributed by atoms with Crippen LogP contribution < -0.4 is 0 Å². The molecule has 0 saturated carbocycles. The number of aromatic nitrogens is 3. The van der Waals surface area contributed by atoms with Crippen LogP contribution in [0.2, 0.25) is 5.02 Å². The predicted octanol–water partition coefficient (Wildman–Crippen LogP) is 2.91. The molecule has 124 valence electrons. The molecule has 3 aromatic rings. The molecule has 0 aliphatic carbocycles. The number of fused-ring (bicyclic) bond motifs is 1. The lowest BCUT2D eigenvalue weighted by Crippen LogP contribution is -2.31. The minimum absolute atomic E-state index is 0.204. The summed E-state index contributed by atoms with van der Waals surface area (Å²) in [6.07, 6.45) is 3.36. The molecule has 1 fully saturated rings. The second-order valence-corrected chi connectivity index (χ2v) is 8.05. The van der Waals surface area contributed by atoms with Crippen LogP contribution in [0.25, 0.3) is 5.65 Å². The first-order chi connectivity index (χ1) is 11.6. The van der Waals surface area contributed by atoms with Gasteiger partial charge in [0, 0.05) is 17.8 Å². The molecule has 0 radical (unpaired) electrons. The van der Waals surface area contributed by atoms with Gasteiger partial charge in [-0.3, -0.25) is 4.40 Å². The van der Waals surface area contributed by atoms with Crippen molar-refractivity contribution in [3.05, 3.63) is 59.5 Å². The normalized spacial score (nSPS) is 19.1. The van der Waals surface area contributed by atoms with Crippen molar-refractivity contribution in [2.24, 2.45) is 0 Å². The fourth-order valence-corrected chi connectivity index (χ4v) is 5.09. The standard InChI is InChI=1S/C16H15ClN4O2S/c17-12-5-3-6-13(11-12)24(22,23)21-10-4-7-14(21)16-19-18-15-8-1-2-9-20(15)16/h1-3,5-6,8-9,11,14H,4,7,10H2. The van der Waals surface area contributed by atoms with Crippen LogP contribution in [0.15, 0.2) is 53.6 Å². The van der Waals surface area contributed by atoms with E-state index < -0.39 is 10.0 Å². The number of benzene rings is 1. The Kier molecular flexibility index (Phi) is 3.79. The quantitative estimate of drug-likeness (QED) is 0.718. The second kappa shape index (κ2) is 5.84. The van der Waals surface area contributed by atoms with E-state index in [1.54, 1.807) is 18.2 Å². The van der Waals surface area contributed by atoms with Gasteiger partial charge in [0.1, 0.15) is 0 Å². The molecular formula is C16H15ClN4O2S. The van der Waals surface area contributed by atoms with E-state index in [1.165, 1.54) is 10.4 Å². The Labute approximate surface area is 144 Å². The molecular weight excluding hydrogens is 348 g/mol. The number of hydrogen-bond donors (Lipinski definition) is 0. The topological polar surface area (TPSA) is 67.6 Å². The number of sulfonamides is 1. The number of nitrogens with zero attached hydrogens (tertiary/aromatic N) is 4. The SMILES string of the molecule is O=S(=O)(c1cccc(Cl)c1)N1CCCC1c1nnc2ccccn12. The van der Waals surface area contributed by atoms with Gasteiger partial charge in [-0.25, -0.2) is 8.42 Å². The minimum Gasteiger partial charge on any atom is -0.285 e.